The Morgan fingerprint density at radius 3 is 1.55 bits per heavy atom. The predicted octanol–water partition coefficient (Wildman–Crippen LogP) is 8.68. The molecule has 0 saturated heterocycles. The summed E-state index contributed by atoms with van der Waals surface area (Å²) < 4.78 is 2.26. The molecule has 0 heterocycles. The van der Waals surface area contributed by atoms with Gasteiger partial charge in [-0.05, 0) is 0 Å². The average molecular weight is 498 g/mol. The summed E-state index contributed by atoms with van der Waals surface area (Å²) in [4.78, 5) is 4.90. The average Bonchev–Trinajstić information content (AvgIpc) is 2.72. The van der Waals surface area contributed by atoms with Crippen LogP contribution in [0, 0.1) is 0 Å². The van der Waals surface area contributed by atoms with E-state index < -0.39 is 14.7 Å². The minimum absolute atomic E-state index is 0.437. The molecule has 0 aliphatic carbocycles. The summed E-state index contributed by atoms with van der Waals surface area (Å²) in [5.41, 5.74) is 7.68. The first-order valence-corrected chi connectivity index (χ1v) is 15.0. The Morgan fingerprint density at radius 2 is 1.16 bits per heavy atom. The second kappa shape index (κ2) is 11.9. The molecule has 0 spiro atoms. The van der Waals surface area contributed by atoms with Gasteiger partial charge >= 0.3 is 201 Å². The van der Waals surface area contributed by atoms with Crippen molar-refractivity contribution < 1.29 is 0 Å². The quantitative estimate of drug-likeness (QED) is 0.250. The van der Waals surface area contributed by atoms with Gasteiger partial charge < -0.3 is 0 Å². The fourth-order valence-corrected chi connectivity index (χ4v) is 5.59. The zero-order valence-corrected chi connectivity index (χ0v) is 23.1. The molecule has 0 aliphatic heterocycles. The van der Waals surface area contributed by atoms with Gasteiger partial charge in [-0.1, -0.05) is 0 Å². The summed E-state index contributed by atoms with van der Waals surface area (Å²) in [5, 5.41) is 0. The van der Waals surface area contributed by atoms with E-state index in [-0.39, 0.29) is 0 Å². The van der Waals surface area contributed by atoms with Crippen molar-refractivity contribution in [1.29, 1.82) is 0 Å². The van der Waals surface area contributed by atoms with Crippen molar-refractivity contribution >= 4 is 42.3 Å². The molecule has 0 amide bonds. The Balaban J connectivity index is 2.42. The molecular weight excluding hydrogens is 460 g/mol. The third-order valence-electron chi connectivity index (χ3n) is 5.54. The van der Waals surface area contributed by atoms with Crippen LogP contribution in [-0.2, 0) is 0 Å². The second-order valence-corrected chi connectivity index (χ2v) is 11.5. The Hall–Kier alpha value is -1.52. The van der Waals surface area contributed by atoms with Crippen LogP contribution >= 0.6 is 10.0 Å². The molecule has 2 rings (SSSR count). The molecule has 0 aliphatic rings. The van der Waals surface area contributed by atoms with Crippen LogP contribution in [0.5, 0.6) is 0 Å². The van der Waals surface area contributed by atoms with E-state index in [1.54, 1.807) is 0 Å². The number of hydrogen-bond donors (Lipinski definition) is 0. The molecule has 31 heavy (non-hydrogen) atoms. The first-order valence-electron chi connectivity index (χ1n) is 11.3. The monoisotopic (exact) mass is 498 g/mol. The van der Waals surface area contributed by atoms with Crippen LogP contribution in [0.1, 0.15) is 101 Å². The summed E-state index contributed by atoms with van der Waals surface area (Å²) in [7, 11) is 6.54. The molecule has 0 N–H and O–H groups in total. The molecule has 0 saturated carbocycles. The number of halogens is 1. The molecule has 0 bridgehead atoms. The van der Waals surface area contributed by atoms with Crippen LogP contribution < -0.4 is 3.86 Å². The van der Waals surface area contributed by atoms with Crippen molar-refractivity contribution in [1.82, 2.24) is 0 Å². The van der Waals surface area contributed by atoms with E-state index in [2.05, 4.69) is 102 Å². The zero-order chi connectivity index (χ0) is 23.1. The van der Waals surface area contributed by atoms with Gasteiger partial charge in [-0.25, -0.2) is 0 Å². The second-order valence-electron chi connectivity index (χ2n) is 9.26. The number of benzene rings is 2. The topological polar surface area (TPSA) is 15.6 Å². The van der Waals surface area contributed by atoms with E-state index in [9.17, 15) is 0 Å². The molecule has 2 nitrogen and oxygen atoms in total. The molecule has 0 unspecified atom stereocenters. The zero-order valence-electron chi connectivity index (χ0n) is 20.3. The van der Waals surface area contributed by atoms with Crippen LogP contribution in [0.15, 0.2) is 53.7 Å². The first-order chi connectivity index (χ1) is 14.7. The summed E-state index contributed by atoms with van der Waals surface area (Å²) in [5.74, 6) is 1.76. The van der Waals surface area contributed by atoms with Gasteiger partial charge in [0.1, 0.15) is 0 Å². The van der Waals surface area contributed by atoms with Crippen LogP contribution in [0.2, 0.25) is 0 Å². The van der Waals surface area contributed by atoms with Crippen molar-refractivity contribution in [3.8, 4) is 0 Å². The van der Waals surface area contributed by atoms with E-state index in [4.69, 9.17) is 15.0 Å². The summed E-state index contributed by atoms with van der Waals surface area (Å²) >= 11 is -0.817. The first kappa shape index (κ1) is 25.7. The van der Waals surface area contributed by atoms with Crippen molar-refractivity contribution in [3.63, 3.8) is 0 Å². The Morgan fingerprint density at radius 1 is 0.742 bits per heavy atom. The predicted molar refractivity (Wildman–Crippen MR) is 141 cm³/mol. The number of nitrogens with zero attached hydrogens (tertiary/aromatic N) is 2. The number of anilines is 1. The van der Waals surface area contributed by atoms with Gasteiger partial charge in [-0.15, -0.1) is 0 Å². The molecule has 0 aromatic heterocycles. The third-order valence-corrected chi connectivity index (χ3v) is 7.65. The van der Waals surface area contributed by atoms with Gasteiger partial charge in [-0.3, -0.25) is 0 Å². The molecular formula is C27H37ClGeN2. The molecule has 2 aromatic carbocycles. The number of aliphatic imine (C=N–C) groups is 1. The Labute approximate surface area is 200 Å². The van der Waals surface area contributed by atoms with Crippen molar-refractivity contribution in [2.45, 2.75) is 79.1 Å². The molecule has 2 aromatic rings. The van der Waals surface area contributed by atoms with Crippen molar-refractivity contribution in [3.05, 3.63) is 70.9 Å². The maximum atomic E-state index is 6.54. The molecule has 0 atom stereocenters. The standard InChI is InChI=1S/C27H37ClGeN2/c1-18(2)22-12-9-13-23(19(3)4)26(22)30-16-11-17-31(29-28)27-24(20(5)6)14-10-15-25(27)21(7)8/h9-21H,1-8H3/b17-11+,30-16?. The number of allylic oxidation sites excluding steroid dienone is 1. The normalized spacial score (nSPS) is 12.4. The van der Waals surface area contributed by atoms with Gasteiger partial charge in [0, 0.05) is 0 Å². The SMILES string of the molecule is CC(C)c1cccc(C(C)C)c1N=C/C=C/[N]([Ge][Cl])c1c(C(C)C)cccc1C(C)C. The van der Waals surface area contributed by atoms with E-state index in [1.165, 1.54) is 27.9 Å². The summed E-state index contributed by atoms with van der Waals surface area (Å²) in [6.07, 6.45) is 6.07. The van der Waals surface area contributed by atoms with Crippen LogP contribution in [0.25, 0.3) is 0 Å². The van der Waals surface area contributed by atoms with Crippen LogP contribution in [0.3, 0.4) is 0 Å². The van der Waals surface area contributed by atoms with Gasteiger partial charge in [0.2, 0.25) is 0 Å². The minimum atomic E-state index is -0.817. The van der Waals surface area contributed by atoms with Gasteiger partial charge in [0.25, 0.3) is 0 Å². The third kappa shape index (κ3) is 6.49. The van der Waals surface area contributed by atoms with E-state index in [0.717, 1.165) is 5.69 Å². The molecule has 0 fully saturated rings. The number of rotatable bonds is 9. The maximum absolute atomic E-state index is 6.54. The van der Waals surface area contributed by atoms with E-state index in [1.807, 2.05) is 12.3 Å². The van der Waals surface area contributed by atoms with Gasteiger partial charge in [0.15, 0.2) is 0 Å². The van der Waals surface area contributed by atoms with Crippen LogP contribution in [0.4, 0.5) is 11.4 Å². The number of hydrogen-bond acceptors (Lipinski definition) is 2. The Kier molecular flexibility index (Phi) is 9.90. The fraction of sp³-hybridized carbons (Fsp3) is 0.444. The Bertz CT molecular complexity index is 861. The number of para-hydroxylation sites is 2. The van der Waals surface area contributed by atoms with Crippen LogP contribution in [-0.4, -0.2) is 20.9 Å². The van der Waals surface area contributed by atoms with E-state index >= 15 is 0 Å². The summed E-state index contributed by atoms with van der Waals surface area (Å²) in [6.45, 7) is 17.9. The van der Waals surface area contributed by atoms with Crippen molar-refractivity contribution in [2.24, 2.45) is 4.99 Å². The van der Waals surface area contributed by atoms with Gasteiger partial charge in [-0.2, -0.15) is 0 Å². The fourth-order valence-electron chi connectivity index (χ4n) is 3.84. The summed E-state index contributed by atoms with van der Waals surface area (Å²) in [6, 6.07) is 13.2. The van der Waals surface area contributed by atoms with Gasteiger partial charge in [0.05, 0.1) is 0 Å². The van der Waals surface area contributed by atoms with Crippen molar-refractivity contribution in [2.75, 3.05) is 3.86 Å². The van der Waals surface area contributed by atoms with E-state index in [0.29, 0.717) is 23.7 Å². The molecule has 4 heteroatoms. The molecule has 2 radical (unpaired) electrons. The molecule has 166 valence electrons.